The zero-order valence-corrected chi connectivity index (χ0v) is 12.4. The van der Waals surface area contributed by atoms with Crippen LogP contribution < -0.4 is 5.11 Å². The highest BCUT2D eigenvalue weighted by Crippen LogP contribution is 2.33. The minimum Gasteiger partial charge on any atom is -0.548 e. The molecule has 0 spiro atoms. The zero-order chi connectivity index (χ0) is 15.5. The van der Waals surface area contributed by atoms with E-state index < -0.39 is 18.1 Å². The first-order valence-electron chi connectivity index (χ1n) is 7.07. The van der Waals surface area contributed by atoms with Crippen molar-refractivity contribution >= 4 is 12.1 Å². The van der Waals surface area contributed by atoms with Crippen LogP contribution in [0.4, 0.5) is 4.79 Å². The molecule has 1 unspecified atom stereocenters. The standard InChI is InChI=1S/C16H21NO4/c1-16(2)8-9-17(13(10-16)14(18)19)15(20)21-11-12-6-4-3-5-7-12/h3-7,13H,8-11H2,1-2H3,(H,18,19)/p-1. The molecule has 1 aromatic carbocycles. The second-order valence-electron chi connectivity index (χ2n) is 6.19. The number of nitrogens with zero attached hydrogens (tertiary/aromatic N) is 1. The smallest absolute Gasteiger partial charge is 0.410 e. The van der Waals surface area contributed by atoms with Crippen molar-refractivity contribution in [3.8, 4) is 0 Å². The second-order valence-corrected chi connectivity index (χ2v) is 6.19. The van der Waals surface area contributed by atoms with Crippen molar-refractivity contribution < 1.29 is 19.4 Å². The van der Waals surface area contributed by atoms with E-state index in [1.807, 2.05) is 44.2 Å². The summed E-state index contributed by atoms with van der Waals surface area (Å²) in [4.78, 5) is 24.6. The van der Waals surface area contributed by atoms with Crippen molar-refractivity contribution in [3.05, 3.63) is 35.9 Å². The van der Waals surface area contributed by atoms with Crippen LogP contribution in [0.1, 0.15) is 32.3 Å². The van der Waals surface area contributed by atoms with E-state index in [0.29, 0.717) is 13.0 Å². The Morgan fingerprint density at radius 2 is 2.00 bits per heavy atom. The molecule has 1 heterocycles. The second kappa shape index (κ2) is 6.16. The Kier molecular flexibility index (Phi) is 4.50. The van der Waals surface area contributed by atoms with Gasteiger partial charge in [0.1, 0.15) is 6.61 Å². The highest BCUT2D eigenvalue weighted by atomic mass is 16.6. The number of likely N-dealkylation sites (tertiary alicyclic amines) is 1. The summed E-state index contributed by atoms with van der Waals surface area (Å²) in [6, 6.07) is 8.38. The van der Waals surface area contributed by atoms with Gasteiger partial charge in [-0.2, -0.15) is 0 Å². The van der Waals surface area contributed by atoms with Gasteiger partial charge in [-0.15, -0.1) is 0 Å². The molecule has 5 heteroatoms. The third-order valence-electron chi connectivity index (χ3n) is 3.86. The van der Waals surface area contributed by atoms with E-state index in [1.54, 1.807) is 0 Å². The van der Waals surface area contributed by atoms with Gasteiger partial charge in [-0.25, -0.2) is 4.79 Å². The average Bonchev–Trinajstić information content (AvgIpc) is 2.45. The molecular weight excluding hydrogens is 270 g/mol. The van der Waals surface area contributed by atoms with E-state index in [-0.39, 0.29) is 12.0 Å². The van der Waals surface area contributed by atoms with Crippen LogP contribution in [0.25, 0.3) is 0 Å². The molecule has 1 amide bonds. The lowest BCUT2D eigenvalue weighted by molar-refractivity contribution is -0.313. The molecular formula is C16H20NO4-. The first kappa shape index (κ1) is 15.4. The van der Waals surface area contributed by atoms with Crippen molar-refractivity contribution in [2.24, 2.45) is 5.41 Å². The molecule has 1 aliphatic rings. The Morgan fingerprint density at radius 1 is 1.33 bits per heavy atom. The van der Waals surface area contributed by atoms with E-state index in [2.05, 4.69) is 0 Å². The van der Waals surface area contributed by atoms with Crippen LogP contribution in [-0.4, -0.2) is 29.5 Å². The molecule has 5 nitrogen and oxygen atoms in total. The normalized spacial score (nSPS) is 20.9. The number of carbonyl (C=O) groups excluding carboxylic acids is 2. The SMILES string of the molecule is CC1(C)CCN(C(=O)OCc2ccccc2)C(C(=O)[O-])C1. The molecule has 0 aromatic heterocycles. The number of carboxylic acids is 1. The minimum absolute atomic E-state index is 0.110. The maximum atomic E-state index is 12.1. The highest BCUT2D eigenvalue weighted by Gasteiger charge is 2.37. The summed E-state index contributed by atoms with van der Waals surface area (Å²) in [6.07, 6.45) is 0.538. The molecule has 0 saturated carbocycles. The number of carboxylic acid groups (broad SMARTS) is 1. The van der Waals surface area contributed by atoms with E-state index in [9.17, 15) is 14.7 Å². The number of hydrogen-bond donors (Lipinski definition) is 0. The van der Waals surface area contributed by atoms with Gasteiger partial charge in [0.25, 0.3) is 0 Å². The van der Waals surface area contributed by atoms with Crippen LogP contribution >= 0.6 is 0 Å². The lowest BCUT2D eigenvalue weighted by Crippen LogP contribution is -2.56. The number of benzene rings is 1. The average molecular weight is 290 g/mol. The quantitative estimate of drug-likeness (QED) is 0.847. The first-order valence-corrected chi connectivity index (χ1v) is 7.07. The zero-order valence-electron chi connectivity index (χ0n) is 12.4. The monoisotopic (exact) mass is 290 g/mol. The largest absolute Gasteiger partial charge is 0.548 e. The van der Waals surface area contributed by atoms with Crippen molar-refractivity contribution in [1.29, 1.82) is 0 Å². The van der Waals surface area contributed by atoms with Gasteiger partial charge < -0.3 is 14.6 Å². The molecule has 1 aromatic rings. The molecule has 2 rings (SSSR count). The Labute approximate surface area is 124 Å². The van der Waals surface area contributed by atoms with Gasteiger partial charge in [-0.3, -0.25) is 4.90 Å². The third kappa shape index (κ3) is 3.97. The molecule has 1 atom stereocenters. The molecule has 0 N–H and O–H groups in total. The highest BCUT2D eigenvalue weighted by molar-refractivity contribution is 5.79. The summed E-state index contributed by atoms with van der Waals surface area (Å²) in [5, 5.41) is 11.3. The van der Waals surface area contributed by atoms with E-state index >= 15 is 0 Å². The van der Waals surface area contributed by atoms with Gasteiger partial charge in [0.2, 0.25) is 0 Å². The van der Waals surface area contributed by atoms with Crippen LogP contribution in [0.15, 0.2) is 30.3 Å². The number of rotatable bonds is 3. The fraction of sp³-hybridized carbons (Fsp3) is 0.500. The fourth-order valence-electron chi connectivity index (χ4n) is 2.55. The molecule has 0 aliphatic carbocycles. The topological polar surface area (TPSA) is 69.7 Å². The van der Waals surface area contributed by atoms with Gasteiger partial charge in [0.15, 0.2) is 0 Å². The van der Waals surface area contributed by atoms with Crippen molar-refractivity contribution in [3.63, 3.8) is 0 Å². The predicted molar refractivity (Wildman–Crippen MR) is 75.1 cm³/mol. The molecule has 114 valence electrons. The molecule has 21 heavy (non-hydrogen) atoms. The summed E-state index contributed by atoms with van der Waals surface area (Å²) in [5.74, 6) is -1.22. The predicted octanol–water partition coefficient (Wildman–Crippen LogP) is 1.56. The number of hydrogen-bond acceptors (Lipinski definition) is 4. The van der Waals surface area contributed by atoms with Crippen LogP contribution in [0.3, 0.4) is 0 Å². The van der Waals surface area contributed by atoms with Crippen LogP contribution in [0.5, 0.6) is 0 Å². The summed E-state index contributed by atoms with van der Waals surface area (Å²) in [5.41, 5.74) is 0.759. The van der Waals surface area contributed by atoms with Crippen molar-refractivity contribution in [2.45, 2.75) is 39.3 Å². The van der Waals surface area contributed by atoms with Gasteiger partial charge in [0, 0.05) is 6.54 Å². The molecule has 1 saturated heterocycles. The summed E-state index contributed by atoms with van der Waals surface area (Å²) >= 11 is 0. The molecule has 1 aliphatic heterocycles. The Balaban J connectivity index is 1.99. The summed E-state index contributed by atoms with van der Waals surface area (Å²) in [6.45, 7) is 4.50. The van der Waals surface area contributed by atoms with Gasteiger partial charge >= 0.3 is 6.09 Å². The molecule has 0 bridgehead atoms. The Morgan fingerprint density at radius 3 is 2.62 bits per heavy atom. The lowest BCUT2D eigenvalue weighted by Gasteiger charge is -2.43. The van der Waals surface area contributed by atoms with Crippen LogP contribution in [0, 0.1) is 5.41 Å². The Hall–Kier alpha value is -2.04. The van der Waals surface area contributed by atoms with Crippen LogP contribution in [0.2, 0.25) is 0 Å². The van der Waals surface area contributed by atoms with E-state index in [1.165, 1.54) is 4.90 Å². The van der Waals surface area contributed by atoms with E-state index in [0.717, 1.165) is 12.0 Å². The summed E-state index contributed by atoms with van der Waals surface area (Å²) < 4.78 is 5.21. The van der Waals surface area contributed by atoms with Gasteiger partial charge in [0.05, 0.1) is 12.0 Å². The number of carbonyl (C=O) groups is 2. The number of amides is 1. The first-order chi connectivity index (χ1) is 9.89. The fourth-order valence-corrected chi connectivity index (χ4v) is 2.55. The maximum Gasteiger partial charge on any atom is 0.410 e. The minimum atomic E-state index is -1.22. The van der Waals surface area contributed by atoms with Gasteiger partial charge in [-0.05, 0) is 23.8 Å². The summed E-state index contributed by atoms with van der Waals surface area (Å²) in [7, 11) is 0. The number of ether oxygens (including phenoxy) is 1. The van der Waals surface area contributed by atoms with Crippen molar-refractivity contribution in [1.82, 2.24) is 4.90 Å². The van der Waals surface area contributed by atoms with Crippen molar-refractivity contribution in [2.75, 3.05) is 6.54 Å². The number of aliphatic carboxylic acids is 1. The molecule has 1 fully saturated rings. The molecule has 0 radical (unpaired) electrons. The Bertz CT molecular complexity index is 512. The third-order valence-corrected chi connectivity index (χ3v) is 3.86. The van der Waals surface area contributed by atoms with Crippen LogP contribution in [-0.2, 0) is 16.1 Å². The maximum absolute atomic E-state index is 12.1. The van der Waals surface area contributed by atoms with Gasteiger partial charge in [-0.1, -0.05) is 44.2 Å². The lowest BCUT2D eigenvalue weighted by atomic mass is 9.79. The number of piperidine rings is 1. The van der Waals surface area contributed by atoms with E-state index in [4.69, 9.17) is 4.74 Å².